The summed E-state index contributed by atoms with van der Waals surface area (Å²) in [4.78, 5) is 33.5. The molecule has 0 aliphatic rings. The minimum atomic E-state index is -0.634. The van der Waals surface area contributed by atoms with Gasteiger partial charge in [0, 0.05) is 27.4 Å². The molecule has 0 aliphatic carbocycles. The minimum Gasteiger partial charge on any atom is -0.306 e. The van der Waals surface area contributed by atoms with E-state index in [9.17, 15) is 14.0 Å². The lowest BCUT2D eigenvalue weighted by atomic mass is 10.1. The highest BCUT2D eigenvalue weighted by Gasteiger charge is 2.17. The SMILES string of the molecule is O=c1[nH]c2cc(-c3cc(Cl)c(F)cc3Cl)sc2c(=O)n1-c1cncc2ccccc12. The van der Waals surface area contributed by atoms with Crippen molar-refractivity contribution in [3.05, 3.63) is 91.6 Å². The third-order valence-electron chi connectivity index (χ3n) is 4.74. The summed E-state index contributed by atoms with van der Waals surface area (Å²) in [5, 5.41) is 1.61. The van der Waals surface area contributed by atoms with Crippen LogP contribution in [0.4, 0.5) is 4.39 Å². The smallest absolute Gasteiger partial charge is 0.306 e. The minimum absolute atomic E-state index is 0.0837. The average Bonchev–Trinajstić information content (AvgIpc) is 3.15. The number of nitrogens with zero attached hydrogens (tertiary/aromatic N) is 2. The third kappa shape index (κ3) is 2.94. The molecule has 3 aromatic heterocycles. The van der Waals surface area contributed by atoms with Gasteiger partial charge in [0.1, 0.15) is 10.5 Å². The van der Waals surface area contributed by atoms with Crippen LogP contribution in [0.3, 0.4) is 0 Å². The Morgan fingerprint density at radius 3 is 2.67 bits per heavy atom. The van der Waals surface area contributed by atoms with Crippen molar-refractivity contribution < 1.29 is 4.39 Å². The van der Waals surface area contributed by atoms with Gasteiger partial charge in [-0.25, -0.2) is 13.8 Å². The normalized spacial score (nSPS) is 11.4. The van der Waals surface area contributed by atoms with Gasteiger partial charge in [0.05, 0.1) is 27.4 Å². The molecule has 9 heteroatoms. The molecule has 0 aliphatic heterocycles. The Labute approximate surface area is 182 Å². The summed E-state index contributed by atoms with van der Waals surface area (Å²) in [5.41, 5.74) is 0.165. The topological polar surface area (TPSA) is 67.8 Å². The molecule has 0 bridgehead atoms. The summed E-state index contributed by atoms with van der Waals surface area (Å²) in [6, 6.07) is 11.5. The van der Waals surface area contributed by atoms with E-state index in [2.05, 4.69) is 9.97 Å². The maximum Gasteiger partial charge on any atom is 0.333 e. The Bertz CT molecular complexity index is 1580. The molecule has 0 fully saturated rings. The maximum atomic E-state index is 13.6. The van der Waals surface area contributed by atoms with E-state index in [1.807, 2.05) is 24.3 Å². The van der Waals surface area contributed by atoms with Gasteiger partial charge in [-0.05, 0) is 18.2 Å². The van der Waals surface area contributed by atoms with Gasteiger partial charge >= 0.3 is 5.69 Å². The molecule has 0 saturated carbocycles. The first-order valence-electron chi connectivity index (χ1n) is 8.71. The molecule has 5 rings (SSSR count). The first-order chi connectivity index (χ1) is 14.4. The van der Waals surface area contributed by atoms with Gasteiger partial charge in [0.2, 0.25) is 0 Å². The standard InChI is InChI=1S/C21H10Cl2FN3O2S/c22-13-6-15(24)14(23)5-12(13)18-7-16-19(30-18)20(28)27(21(29)26-16)17-9-25-8-10-3-1-2-4-11(10)17/h1-9H,(H,26,29). The van der Waals surface area contributed by atoms with E-state index in [1.165, 1.54) is 12.3 Å². The highest BCUT2D eigenvalue weighted by atomic mass is 35.5. The van der Waals surface area contributed by atoms with E-state index >= 15 is 0 Å². The number of halogens is 3. The van der Waals surface area contributed by atoms with Crippen LogP contribution in [0, 0.1) is 5.82 Å². The number of hydrogen-bond donors (Lipinski definition) is 1. The fraction of sp³-hybridized carbons (Fsp3) is 0. The highest BCUT2D eigenvalue weighted by molar-refractivity contribution is 7.22. The van der Waals surface area contributed by atoms with Crippen molar-refractivity contribution in [2.24, 2.45) is 0 Å². The van der Waals surface area contributed by atoms with Crippen molar-refractivity contribution in [3.8, 4) is 16.1 Å². The van der Waals surface area contributed by atoms with Crippen LogP contribution >= 0.6 is 34.5 Å². The van der Waals surface area contributed by atoms with Crippen LogP contribution in [0.2, 0.25) is 10.0 Å². The molecule has 0 saturated heterocycles. The number of aromatic nitrogens is 3. The summed E-state index contributed by atoms with van der Waals surface area (Å²) < 4.78 is 15.0. The molecule has 3 heterocycles. The second kappa shape index (κ2) is 7.05. The number of pyridine rings is 1. The van der Waals surface area contributed by atoms with Crippen LogP contribution < -0.4 is 11.2 Å². The number of benzene rings is 2. The number of thiophene rings is 1. The molecule has 1 N–H and O–H groups in total. The first kappa shape index (κ1) is 19.0. The van der Waals surface area contributed by atoms with Crippen LogP contribution in [-0.2, 0) is 0 Å². The second-order valence-electron chi connectivity index (χ2n) is 6.55. The monoisotopic (exact) mass is 457 g/mol. The van der Waals surface area contributed by atoms with Crippen molar-refractivity contribution >= 4 is 55.5 Å². The Morgan fingerprint density at radius 1 is 1.03 bits per heavy atom. The van der Waals surface area contributed by atoms with Gasteiger partial charge in [0.15, 0.2) is 0 Å². The highest BCUT2D eigenvalue weighted by Crippen LogP contribution is 2.37. The van der Waals surface area contributed by atoms with E-state index in [1.54, 1.807) is 12.3 Å². The number of nitrogens with one attached hydrogen (secondary N) is 1. The van der Waals surface area contributed by atoms with Gasteiger partial charge in [-0.15, -0.1) is 11.3 Å². The van der Waals surface area contributed by atoms with Crippen molar-refractivity contribution in [2.45, 2.75) is 0 Å². The first-order valence-corrected chi connectivity index (χ1v) is 10.3. The Kier molecular flexibility index (Phi) is 4.47. The lowest BCUT2D eigenvalue weighted by molar-refractivity contribution is 0.628. The predicted molar refractivity (Wildman–Crippen MR) is 119 cm³/mol. The molecule has 0 amide bonds. The predicted octanol–water partition coefficient (Wildman–Crippen LogP) is 5.40. The largest absolute Gasteiger partial charge is 0.333 e. The molecule has 0 radical (unpaired) electrons. The molecule has 30 heavy (non-hydrogen) atoms. The zero-order chi connectivity index (χ0) is 21.0. The number of aromatic amines is 1. The molecule has 0 unspecified atom stereocenters. The van der Waals surface area contributed by atoms with Gasteiger partial charge in [-0.3, -0.25) is 9.78 Å². The Morgan fingerprint density at radius 2 is 1.83 bits per heavy atom. The lowest BCUT2D eigenvalue weighted by Gasteiger charge is -2.07. The van der Waals surface area contributed by atoms with Crippen LogP contribution in [0.25, 0.3) is 37.1 Å². The zero-order valence-electron chi connectivity index (χ0n) is 14.9. The van der Waals surface area contributed by atoms with Crippen LogP contribution in [0.15, 0.2) is 64.4 Å². The molecular formula is C21H10Cl2FN3O2S. The van der Waals surface area contributed by atoms with E-state index in [0.29, 0.717) is 26.3 Å². The Balaban J connectivity index is 1.79. The summed E-state index contributed by atoms with van der Waals surface area (Å²) in [6.07, 6.45) is 3.15. The summed E-state index contributed by atoms with van der Waals surface area (Å²) in [5.74, 6) is -0.634. The van der Waals surface area contributed by atoms with Crippen LogP contribution in [-0.4, -0.2) is 14.5 Å². The number of fused-ring (bicyclic) bond motifs is 2. The number of H-pyrrole nitrogens is 1. The van der Waals surface area contributed by atoms with Crippen molar-refractivity contribution in [1.82, 2.24) is 14.5 Å². The van der Waals surface area contributed by atoms with E-state index in [-0.39, 0.29) is 10.0 Å². The van der Waals surface area contributed by atoms with Crippen molar-refractivity contribution in [2.75, 3.05) is 0 Å². The second-order valence-corrected chi connectivity index (χ2v) is 8.42. The Hall–Kier alpha value is -3.00. The molecule has 0 spiro atoms. The van der Waals surface area contributed by atoms with Gasteiger partial charge in [0.25, 0.3) is 5.56 Å². The lowest BCUT2D eigenvalue weighted by Crippen LogP contribution is -2.33. The summed E-state index contributed by atoms with van der Waals surface area (Å²) in [7, 11) is 0. The fourth-order valence-corrected chi connectivity index (χ4v) is 4.90. The van der Waals surface area contributed by atoms with Gasteiger partial charge in [-0.2, -0.15) is 0 Å². The van der Waals surface area contributed by atoms with Gasteiger partial charge < -0.3 is 4.98 Å². The van der Waals surface area contributed by atoms with E-state index < -0.39 is 17.1 Å². The zero-order valence-corrected chi connectivity index (χ0v) is 17.3. The van der Waals surface area contributed by atoms with Crippen molar-refractivity contribution in [1.29, 1.82) is 0 Å². The summed E-state index contributed by atoms with van der Waals surface area (Å²) >= 11 is 13.2. The van der Waals surface area contributed by atoms with E-state index in [4.69, 9.17) is 23.2 Å². The average molecular weight is 458 g/mol. The van der Waals surface area contributed by atoms with Crippen LogP contribution in [0.1, 0.15) is 0 Å². The van der Waals surface area contributed by atoms with Crippen molar-refractivity contribution in [3.63, 3.8) is 0 Å². The van der Waals surface area contributed by atoms with Gasteiger partial charge in [-0.1, -0.05) is 47.5 Å². The fourth-order valence-electron chi connectivity index (χ4n) is 3.35. The van der Waals surface area contributed by atoms with E-state index in [0.717, 1.165) is 32.7 Å². The third-order valence-corrected chi connectivity index (χ3v) is 6.50. The molecule has 5 aromatic rings. The summed E-state index contributed by atoms with van der Waals surface area (Å²) in [6.45, 7) is 0. The molecule has 0 atom stereocenters. The molecular weight excluding hydrogens is 448 g/mol. The number of rotatable bonds is 2. The number of hydrogen-bond acceptors (Lipinski definition) is 4. The molecule has 5 nitrogen and oxygen atoms in total. The quantitative estimate of drug-likeness (QED) is 0.360. The molecule has 148 valence electrons. The maximum absolute atomic E-state index is 13.6. The molecule has 2 aromatic carbocycles. The van der Waals surface area contributed by atoms with Crippen LogP contribution in [0.5, 0.6) is 0 Å².